The Morgan fingerprint density at radius 2 is 1.23 bits per heavy atom. The van der Waals surface area contributed by atoms with Gasteiger partial charge in [-0.05, 0) is 36.8 Å². The highest BCUT2D eigenvalue weighted by Crippen LogP contribution is 2.26. The molecule has 0 bridgehead atoms. The van der Waals surface area contributed by atoms with Gasteiger partial charge in [0.1, 0.15) is 17.2 Å². The van der Waals surface area contributed by atoms with E-state index < -0.39 is 0 Å². The smallest absolute Gasteiger partial charge is 0.196 e. The van der Waals surface area contributed by atoms with Crippen molar-refractivity contribution in [2.45, 2.75) is 45.4 Å². The van der Waals surface area contributed by atoms with Crippen LogP contribution in [0, 0.1) is 0 Å². The summed E-state index contributed by atoms with van der Waals surface area (Å²) in [6.45, 7) is 2.85. The molecule has 0 amide bonds. The van der Waals surface area contributed by atoms with Crippen molar-refractivity contribution in [3.8, 4) is 17.2 Å². The van der Waals surface area contributed by atoms with Crippen LogP contribution in [0.25, 0.3) is 0 Å². The van der Waals surface area contributed by atoms with E-state index in [1.165, 1.54) is 43.9 Å². The summed E-state index contributed by atoms with van der Waals surface area (Å²) >= 11 is 5.79. The summed E-state index contributed by atoms with van der Waals surface area (Å²) < 4.78 is 5.66. The second-order valence-electron chi connectivity index (χ2n) is 9.35. The predicted octanol–water partition coefficient (Wildman–Crippen LogP) is 8.64. The number of hydrogen-bond acceptors (Lipinski definition) is 5. The van der Waals surface area contributed by atoms with Gasteiger partial charge >= 0.3 is 0 Å². The fraction of sp³-hybridized carbons (Fsp3) is 0.235. The van der Waals surface area contributed by atoms with Crippen LogP contribution in [0.3, 0.4) is 0 Å². The first-order valence-corrected chi connectivity index (χ1v) is 13.9. The molecule has 0 aliphatic heterocycles. The fourth-order valence-electron chi connectivity index (χ4n) is 4.05. The number of ketones is 2. The Morgan fingerprint density at radius 3 is 1.82 bits per heavy atom. The zero-order valence-corrected chi connectivity index (χ0v) is 23.4. The summed E-state index contributed by atoms with van der Waals surface area (Å²) in [6.07, 6.45) is 7.25. The Labute approximate surface area is 241 Å². The summed E-state index contributed by atoms with van der Waals surface area (Å²) in [5.41, 5.74) is 1.61. The number of carbonyl (C=O) groups is 2. The quantitative estimate of drug-likeness (QED) is 0.134. The minimum atomic E-state index is -0.236. The van der Waals surface area contributed by atoms with E-state index in [-0.39, 0.29) is 28.6 Å². The first-order valence-electron chi connectivity index (χ1n) is 13.5. The van der Waals surface area contributed by atoms with E-state index in [2.05, 4.69) is 6.92 Å². The van der Waals surface area contributed by atoms with Gasteiger partial charge < -0.3 is 14.9 Å². The highest BCUT2D eigenvalue weighted by atomic mass is 35.5. The molecule has 0 aliphatic rings. The van der Waals surface area contributed by atoms with E-state index in [4.69, 9.17) is 16.3 Å². The van der Waals surface area contributed by atoms with Crippen LogP contribution in [0.1, 0.15) is 77.3 Å². The van der Waals surface area contributed by atoms with Gasteiger partial charge in [-0.2, -0.15) is 0 Å². The van der Waals surface area contributed by atoms with Crippen molar-refractivity contribution in [1.29, 1.82) is 0 Å². The second kappa shape index (κ2) is 16.1. The van der Waals surface area contributed by atoms with Crippen LogP contribution in [-0.2, 0) is 0 Å². The Kier molecular flexibility index (Phi) is 12.3. The van der Waals surface area contributed by atoms with Gasteiger partial charge in [0, 0.05) is 22.2 Å². The number of carbonyl (C=O) groups excluding carboxylic acids is 2. The maximum absolute atomic E-state index is 12.4. The third-order valence-electron chi connectivity index (χ3n) is 6.26. The van der Waals surface area contributed by atoms with Gasteiger partial charge in [-0.3, -0.25) is 9.59 Å². The van der Waals surface area contributed by atoms with E-state index in [9.17, 15) is 19.8 Å². The van der Waals surface area contributed by atoms with Crippen molar-refractivity contribution in [3.05, 3.63) is 124 Å². The van der Waals surface area contributed by atoms with Crippen LogP contribution in [0.4, 0.5) is 0 Å². The molecule has 0 atom stereocenters. The van der Waals surface area contributed by atoms with Crippen molar-refractivity contribution in [2.75, 3.05) is 6.61 Å². The lowest BCUT2D eigenvalue weighted by Crippen LogP contribution is -2.02. The van der Waals surface area contributed by atoms with Gasteiger partial charge in [-0.15, -0.1) is 0 Å². The summed E-state index contributed by atoms with van der Waals surface area (Å²) in [5, 5.41) is 20.1. The van der Waals surface area contributed by atoms with E-state index in [1.807, 2.05) is 24.3 Å². The Bertz CT molecular complexity index is 1370. The van der Waals surface area contributed by atoms with Gasteiger partial charge in [0.25, 0.3) is 0 Å². The molecule has 40 heavy (non-hydrogen) atoms. The summed E-state index contributed by atoms with van der Waals surface area (Å²) in [5.74, 6) is 0.0874. The lowest BCUT2D eigenvalue weighted by molar-refractivity contribution is 0.102. The fourth-order valence-corrected chi connectivity index (χ4v) is 4.22. The van der Waals surface area contributed by atoms with Gasteiger partial charge in [-0.1, -0.05) is 111 Å². The number of phenols is 2. The average molecular weight is 559 g/mol. The van der Waals surface area contributed by atoms with Crippen LogP contribution in [0.15, 0.2) is 97.1 Å². The van der Waals surface area contributed by atoms with Crippen LogP contribution in [0.2, 0.25) is 5.02 Å². The standard InChI is InChI=1S/C21H26O3.C13H9ClO2/c1-2-3-4-5-6-10-15-24-18-13-14-19(20(22)16-18)21(23)17-11-8-7-9-12-17;14-10-6-7-12(15)11(8-10)13(16)9-4-2-1-3-5-9/h7-9,11-14,16,22H,2-6,10,15H2,1H3;1-8,15H. The minimum absolute atomic E-state index is 0.0377. The molecule has 4 rings (SSSR count). The second-order valence-corrected chi connectivity index (χ2v) is 9.78. The number of phenolic OH excluding ortho intramolecular Hbond substituents is 2. The zero-order chi connectivity index (χ0) is 28.7. The zero-order valence-electron chi connectivity index (χ0n) is 22.7. The number of aromatic hydroxyl groups is 2. The molecule has 208 valence electrons. The maximum atomic E-state index is 12.4. The van der Waals surface area contributed by atoms with Gasteiger partial charge in [-0.25, -0.2) is 0 Å². The van der Waals surface area contributed by atoms with E-state index in [0.29, 0.717) is 34.1 Å². The van der Waals surface area contributed by atoms with Crippen LogP contribution in [-0.4, -0.2) is 28.4 Å². The molecule has 0 spiro atoms. The highest BCUT2D eigenvalue weighted by Gasteiger charge is 2.14. The van der Waals surface area contributed by atoms with Crippen LogP contribution in [0.5, 0.6) is 17.2 Å². The van der Waals surface area contributed by atoms with Crippen LogP contribution < -0.4 is 4.74 Å². The lowest BCUT2D eigenvalue weighted by Gasteiger charge is -2.09. The van der Waals surface area contributed by atoms with Crippen molar-refractivity contribution < 1.29 is 24.5 Å². The average Bonchev–Trinajstić information content (AvgIpc) is 2.98. The van der Waals surface area contributed by atoms with Crippen molar-refractivity contribution in [2.24, 2.45) is 0 Å². The van der Waals surface area contributed by atoms with E-state index in [0.717, 1.165) is 12.8 Å². The molecule has 4 aromatic rings. The third-order valence-corrected chi connectivity index (χ3v) is 6.49. The number of ether oxygens (including phenoxy) is 1. The van der Waals surface area contributed by atoms with Crippen molar-refractivity contribution in [3.63, 3.8) is 0 Å². The molecular weight excluding hydrogens is 524 g/mol. The molecule has 0 unspecified atom stereocenters. The third kappa shape index (κ3) is 9.28. The normalized spacial score (nSPS) is 10.3. The molecule has 2 N–H and O–H groups in total. The molecule has 6 heteroatoms. The highest BCUT2D eigenvalue weighted by molar-refractivity contribution is 6.31. The molecule has 4 aromatic carbocycles. The molecule has 5 nitrogen and oxygen atoms in total. The number of unbranched alkanes of at least 4 members (excludes halogenated alkanes) is 5. The van der Waals surface area contributed by atoms with E-state index in [1.54, 1.807) is 54.6 Å². The maximum Gasteiger partial charge on any atom is 0.196 e. The Morgan fingerprint density at radius 1 is 0.650 bits per heavy atom. The van der Waals surface area contributed by atoms with Gasteiger partial charge in [0.2, 0.25) is 0 Å². The molecule has 0 fully saturated rings. The number of hydrogen-bond donors (Lipinski definition) is 2. The largest absolute Gasteiger partial charge is 0.507 e. The molecular formula is C34H35ClO5. The molecule has 0 heterocycles. The summed E-state index contributed by atoms with van der Waals surface area (Å²) in [6, 6.07) is 27.0. The molecule has 0 radical (unpaired) electrons. The van der Waals surface area contributed by atoms with Crippen LogP contribution >= 0.6 is 11.6 Å². The molecule has 0 saturated heterocycles. The van der Waals surface area contributed by atoms with E-state index >= 15 is 0 Å². The first kappa shape index (κ1) is 30.5. The number of benzene rings is 4. The van der Waals surface area contributed by atoms with Gasteiger partial charge in [0.15, 0.2) is 11.6 Å². The monoisotopic (exact) mass is 558 g/mol. The topological polar surface area (TPSA) is 83.8 Å². The SMILES string of the molecule is CCCCCCCCOc1ccc(C(=O)c2ccccc2)c(O)c1.O=C(c1ccccc1)c1cc(Cl)ccc1O. The lowest BCUT2D eigenvalue weighted by atomic mass is 10.0. The first-order chi connectivity index (χ1) is 19.4. The number of rotatable bonds is 12. The Hall–Kier alpha value is -4.09. The number of halogens is 1. The Balaban J connectivity index is 0.000000238. The summed E-state index contributed by atoms with van der Waals surface area (Å²) in [4.78, 5) is 24.4. The predicted molar refractivity (Wildman–Crippen MR) is 160 cm³/mol. The summed E-state index contributed by atoms with van der Waals surface area (Å²) in [7, 11) is 0. The minimum Gasteiger partial charge on any atom is -0.507 e. The van der Waals surface area contributed by atoms with Crippen molar-refractivity contribution >= 4 is 23.2 Å². The molecule has 0 saturated carbocycles. The van der Waals surface area contributed by atoms with Crippen molar-refractivity contribution in [1.82, 2.24) is 0 Å². The molecule has 0 aromatic heterocycles. The molecule has 0 aliphatic carbocycles. The van der Waals surface area contributed by atoms with Gasteiger partial charge in [0.05, 0.1) is 17.7 Å².